The van der Waals surface area contributed by atoms with Crippen molar-refractivity contribution in [3.05, 3.63) is 47.2 Å². The van der Waals surface area contributed by atoms with E-state index in [4.69, 9.17) is 23.2 Å². The standard InChI is InChI=1S/C12H12Cl2N2O2/c13-5-11(17)12(18)8-6-15-16(7-8)10-3-1-2-9(14)4-10/h1-4,6-7,11-12,17-18H,5H2. The van der Waals surface area contributed by atoms with Crippen LogP contribution in [0.15, 0.2) is 36.7 Å². The van der Waals surface area contributed by atoms with Gasteiger partial charge in [-0.15, -0.1) is 11.6 Å². The van der Waals surface area contributed by atoms with Crippen molar-refractivity contribution in [2.45, 2.75) is 12.2 Å². The van der Waals surface area contributed by atoms with Crippen molar-refractivity contribution in [3.63, 3.8) is 0 Å². The number of benzene rings is 1. The van der Waals surface area contributed by atoms with Crippen LogP contribution in [0.5, 0.6) is 0 Å². The molecule has 0 fully saturated rings. The third-order valence-corrected chi connectivity index (χ3v) is 3.09. The molecule has 0 aliphatic heterocycles. The molecule has 1 heterocycles. The minimum atomic E-state index is -1.05. The predicted octanol–water partition coefficient (Wildman–Crippen LogP) is 2.16. The number of nitrogens with zero attached hydrogens (tertiary/aromatic N) is 2. The van der Waals surface area contributed by atoms with E-state index in [0.717, 1.165) is 5.69 Å². The van der Waals surface area contributed by atoms with Crippen LogP contribution in [0.25, 0.3) is 5.69 Å². The molecule has 2 rings (SSSR count). The molecule has 0 aliphatic carbocycles. The molecule has 2 unspecified atom stereocenters. The van der Waals surface area contributed by atoms with E-state index in [2.05, 4.69) is 5.10 Å². The Morgan fingerprint density at radius 1 is 1.33 bits per heavy atom. The smallest absolute Gasteiger partial charge is 0.109 e. The number of rotatable bonds is 4. The molecule has 0 saturated carbocycles. The van der Waals surface area contributed by atoms with Gasteiger partial charge in [0.1, 0.15) is 6.10 Å². The fourth-order valence-corrected chi connectivity index (χ4v) is 1.91. The largest absolute Gasteiger partial charge is 0.389 e. The van der Waals surface area contributed by atoms with Crippen molar-refractivity contribution in [3.8, 4) is 5.69 Å². The van der Waals surface area contributed by atoms with E-state index in [1.165, 1.54) is 6.20 Å². The Hall–Kier alpha value is -1.07. The van der Waals surface area contributed by atoms with Crippen molar-refractivity contribution >= 4 is 23.2 Å². The Bertz CT molecular complexity index is 530. The zero-order valence-electron chi connectivity index (χ0n) is 9.37. The van der Waals surface area contributed by atoms with E-state index in [0.29, 0.717) is 10.6 Å². The van der Waals surface area contributed by atoms with Crippen molar-refractivity contribution in [1.29, 1.82) is 0 Å². The normalized spacial score (nSPS) is 14.4. The lowest BCUT2D eigenvalue weighted by molar-refractivity contribution is 0.0327. The molecule has 96 valence electrons. The summed E-state index contributed by atoms with van der Waals surface area (Å²) in [5.41, 5.74) is 1.28. The summed E-state index contributed by atoms with van der Waals surface area (Å²) in [7, 11) is 0. The van der Waals surface area contributed by atoms with E-state index in [1.54, 1.807) is 23.0 Å². The van der Waals surface area contributed by atoms with Gasteiger partial charge < -0.3 is 10.2 Å². The molecule has 6 heteroatoms. The van der Waals surface area contributed by atoms with Gasteiger partial charge in [-0.3, -0.25) is 0 Å². The van der Waals surface area contributed by atoms with E-state index >= 15 is 0 Å². The van der Waals surface area contributed by atoms with Gasteiger partial charge in [0.15, 0.2) is 0 Å². The molecule has 0 radical (unpaired) electrons. The van der Waals surface area contributed by atoms with Gasteiger partial charge in [0.05, 0.1) is 23.9 Å². The first kappa shape index (κ1) is 13.4. The number of halogens is 2. The van der Waals surface area contributed by atoms with Crippen molar-refractivity contribution in [2.75, 3.05) is 5.88 Å². The minimum Gasteiger partial charge on any atom is -0.389 e. The lowest BCUT2D eigenvalue weighted by atomic mass is 10.1. The van der Waals surface area contributed by atoms with Crippen LogP contribution in [0.4, 0.5) is 0 Å². The minimum absolute atomic E-state index is 0.0382. The van der Waals surface area contributed by atoms with E-state index in [-0.39, 0.29) is 5.88 Å². The van der Waals surface area contributed by atoms with Crippen molar-refractivity contribution in [2.24, 2.45) is 0 Å². The third kappa shape index (κ3) is 2.84. The summed E-state index contributed by atoms with van der Waals surface area (Å²) in [6.45, 7) is 0. The number of hydrogen-bond donors (Lipinski definition) is 2. The van der Waals surface area contributed by atoms with E-state index in [9.17, 15) is 10.2 Å². The molecular weight excluding hydrogens is 275 g/mol. The monoisotopic (exact) mass is 286 g/mol. The Balaban J connectivity index is 2.25. The van der Waals surface area contributed by atoms with Gasteiger partial charge in [-0.1, -0.05) is 17.7 Å². The summed E-state index contributed by atoms with van der Waals surface area (Å²) in [5, 5.41) is 24.0. The SMILES string of the molecule is OC(CCl)C(O)c1cnn(-c2cccc(Cl)c2)c1. The summed E-state index contributed by atoms with van der Waals surface area (Å²) in [4.78, 5) is 0. The van der Waals surface area contributed by atoms with Crippen LogP contribution < -0.4 is 0 Å². The summed E-state index contributed by atoms with van der Waals surface area (Å²) in [6, 6.07) is 7.17. The quantitative estimate of drug-likeness (QED) is 0.847. The van der Waals surface area contributed by atoms with Crippen LogP contribution in [0, 0.1) is 0 Å². The average Bonchev–Trinajstić information content (AvgIpc) is 2.86. The number of aliphatic hydroxyl groups is 2. The highest BCUT2D eigenvalue weighted by atomic mass is 35.5. The second-order valence-corrected chi connectivity index (χ2v) is 4.61. The number of aliphatic hydroxyl groups excluding tert-OH is 2. The van der Waals surface area contributed by atoms with Gasteiger partial charge in [-0.05, 0) is 18.2 Å². The highest BCUT2D eigenvalue weighted by Gasteiger charge is 2.19. The zero-order chi connectivity index (χ0) is 13.1. The number of hydrogen-bond acceptors (Lipinski definition) is 3. The van der Waals surface area contributed by atoms with Crippen LogP contribution in [-0.2, 0) is 0 Å². The average molecular weight is 287 g/mol. The second-order valence-electron chi connectivity index (χ2n) is 3.86. The van der Waals surface area contributed by atoms with Crippen LogP contribution in [0.2, 0.25) is 5.02 Å². The highest BCUT2D eigenvalue weighted by Crippen LogP contribution is 2.20. The van der Waals surface area contributed by atoms with Gasteiger partial charge in [-0.25, -0.2) is 4.68 Å². The highest BCUT2D eigenvalue weighted by molar-refractivity contribution is 6.30. The molecule has 1 aromatic heterocycles. The second kappa shape index (κ2) is 5.71. The Morgan fingerprint density at radius 2 is 2.11 bits per heavy atom. The molecule has 0 amide bonds. The van der Waals surface area contributed by atoms with Gasteiger partial charge in [0.2, 0.25) is 0 Å². The van der Waals surface area contributed by atoms with Gasteiger partial charge in [0, 0.05) is 16.8 Å². The molecule has 18 heavy (non-hydrogen) atoms. The molecule has 0 aliphatic rings. The third-order valence-electron chi connectivity index (χ3n) is 2.54. The Kier molecular flexibility index (Phi) is 4.24. The molecule has 1 aromatic carbocycles. The van der Waals surface area contributed by atoms with Crippen molar-refractivity contribution in [1.82, 2.24) is 9.78 Å². The maximum Gasteiger partial charge on any atom is 0.109 e. The van der Waals surface area contributed by atoms with Gasteiger partial charge >= 0.3 is 0 Å². The van der Waals surface area contributed by atoms with E-state index < -0.39 is 12.2 Å². The molecule has 2 atom stereocenters. The van der Waals surface area contributed by atoms with Gasteiger partial charge in [0.25, 0.3) is 0 Å². The fraction of sp³-hybridized carbons (Fsp3) is 0.250. The van der Waals surface area contributed by atoms with E-state index in [1.807, 2.05) is 12.1 Å². The van der Waals surface area contributed by atoms with Crippen LogP contribution >= 0.6 is 23.2 Å². The maximum atomic E-state index is 9.79. The topological polar surface area (TPSA) is 58.3 Å². The fourth-order valence-electron chi connectivity index (χ4n) is 1.56. The molecule has 0 bridgehead atoms. The van der Waals surface area contributed by atoms with Gasteiger partial charge in [-0.2, -0.15) is 5.10 Å². The number of aromatic nitrogens is 2. The zero-order valence-corrected chi connectivity index (χ0v) is 10.9. The van der Waals surface area contributed by atoms with Crippen LogP contribution in [0.3, 0.4) is 0 Å². The Labute approximate surface area is 114 Å². The molecule has 4 nitrogen and oxygen atoms in total. The first-order valence-corrected chi connectivity index (χ1v) is 6.25. The van der Waals surface area contributed by atoms with Crippen molar-refractivity contribution < 1.29 is 10.2 Å². The summed E-state index contributed by atoms with van der Waals surface area (Å²) in [6.07, 6.45) is 1.06. The lowest BCUT2D eigenvalue weighted by Gasteiger charge is -2.12. The molecule has 0 spiro atoms. The molecular formula is C12H12Cl2N2O2. The lowest BCUT2D eigenvalue weighted by Crippen LogP contribution is -2.19. The van der Waals surface area contributed by atoms with Crippen LogP contribution in [0.1, 0.15) is 11.7 Å². The van der Waals surface area contributed by atoms with Crippen LogP contribution in [-0.4, -0.2) is 32.0 Å². The molecule has 0 saturated heterocycles. The first-order valence-electron chi connectivity index (χ1n) is 5.34. The molecule has 2 aromatic rings. The number of alkyl halides is 1. The Morgan fingerprint density at radius 3 is 2.78 bits per heavy atom. The first-order chi connectivity index (χ1) is 8.61. The summed E-state index contributed by atoms with van der Waals surface area (Å²) >= 11 is 11.4. The summed E-state index contributed by atoms with van der Waals surface area (Å²) in [5.74, 6) is -0.0382. The summed E-state index contributed by atoms with van der Waals surface area (Å²) < 4.78 is 1.57. The predicted molar refractivity (Wildman–Crippen MR) is 70.3 cm³/mol. The maximum absolute atomic E-state index is 9.79. The molecule has 2 N–H and O–H groups in total.